The molecule has 25 heavy (non-hydrogen) atoms. The van der Waals surface area contributed by atoms with E-state index >= 15 is 0 Å². The second-order valence-corrected chi connectivity index (χ2v) is 7.11. The number of hydrogen-bond acceptors (Lipinski definition) is 5. The Bertz CT molecular complexity index is 665. The number of nitriles is 1. The quantitative estimate of drug-likeness (QED) is 0.504. The molecule has 2 amide bonds. The predicted octanol–water partition coefficient (Wildman–Crippen LogP) is 2.41. The smallest absolute Gasteiger partial charge is 0.410 e. The van der Waals surface area contributed by atoms with Gasteiger partial charge in [0.2, 0.25) is 5.91 Å². The molecule has 0 spiro atoms. The number of ether oxygens (including phenoxy) is 1. The van der Waals surface area contributed by atoms with Crippen LogP contribution in [0.2, 0.25) is 0 Å². The second kappa shape index (κ2) is 7.53. The van der Waals surface area contributed by atoms with Crippen LogP contribution in [0.25, 0.3) is 0 Å². The monoisotopic (exact) mass is 344 g/mol. The Morgan fingerprint density at radius 2 is 1.80 bits per heavy atom. The first-order valence-electron chi connectivity index (χ1n) is 8.28. The van der Waals surface area contributed by atoms with Crippen LogP contribution in [0.5, 0.6) is 0 Å². The van der Waals surface area contributed by atoms with E-state index in [1.807, 2.05) is 26.8 Å². The molecule has 0 aromatic heterocycles. The first kappa shape index (κ1) is 18.7. The molecule has 0 bridgehead atoms. The van der Waals surface area contributed by atoms with Crippen molar-refractivity contribution in [1.29, 1.82) is 5.26 Å². The maximum Gasteiger partial charge on any atom is 0.410 e. The van der Waals surface area contributed by atoms with Crippen molar-refractivity contribution in [3.8, 4) is 6.07 Å². The Labute approximate surface area is 147 Å². The van der Waals surface area contributed by atoms with Crippen molar-refractivity contribution in [2.75, 3.05) is 18.1 Å². The van der Waals surface area contributed by atoms with Gasteiger partial charge in [-0.2, -0.15) is 5.26 Å². The molecule has 1 aliphatic rings. The number of benzene rings is 1. The van der Waals surface area contributed by atoms with Crippen molar-refractivity contribution in [2.24, 2.45) is 11.8 Å². The summed E-state index contributed by atoms with van der Waals surface area (Å²) in [6, 6.07) is 8.55. The minimum Gasteiger partial charge on any atom is -0.444 e. The maximum atomic E-state index is 12.6. The number of anilines is 1. The van der Waals surface area contributed by atoms with Gasteiger partial charge in [-0.05, 0) is 57.9 Å². The Balaban J connectivity index is 1.92. The van der Waals surface area contributed by atoms with Crippen molar-refractivity contribution >= 4 is 17.7 Å². The first-order chi connectivity index (χ1) is 11.7. The molecule has 7 heteroatoms. The summed E-state index contributed by atoms with van der Waals surface area (Å²) in [7, 11) is 0. The summed E-state index contributed by atoms with van der Waals surface area (Å²) in [5.74, 6) is 5.51. The lowest BCUT2D eigenvalue weighted by Gasteiger charge is -2.34. The van der Waals surface area contributed by atoms with Crippen LogP contribution in [0.15, 0.2) is 24.3 Å². The van der Waals surface area contributed by atoms with Crippen LogP contribution in [0.4, 0.5) is 10.5 Å². The van der Waals surface area contributed by atoms with Gasteiger partial charge in [0.1, 0.15) is 5.60 Å². The number of likely N-dealkylation sites (tertiary alicyclic amines) is 1. The van der Waals surface area contributed by atoms with Crippen LogP contribution in [-0.4, -0.2) is 35.6 Å². The average molecular weight is 344 g/mol. The number of amides is 2. The van der Waals surface area contributed by atoms with E-state index in [9.17, 15) is 9.59 Å². The van der Waals surface area contributed by atoms with E-state index in [0.717, 1.165) is 5.01 Å². The fourth-order valence-corrected chi connectivity index (χ4v) is 2.66. The number of carbonyl (C=O) groups is 2. The Kier molecular flexibility index (Phi) is 5.65. The predicted molar refractivity (Wildman–Crippen MR) is 93.4 cm³/mol. The molecule has 1 aromatic rings. The molecular formula is C18H24N4O3. The third-order valence-electron chi connectivity index (χ3n) is 4.01. The zero-order valence-corrected chi connectivity index (χ0v) is 14.9. The standard InChI is InChI=1S/C18H24N4O3/c1-18(2,3)25-17(24)21-10-8-14(9-11-21)16(23)22(20)15-6-4-13(12-19)5-7-15/h4-7,14H,8-11,20H2,1-3H3. The first-order valence-corrected chi connectivity index (χ1v) is 8.28. The van der Waals surface area contributed by atoms with Crippen molar-refractivity contribution in [2.45, 2.75) is 39.2 Å². The molecule has 2 rings (SSSR count). The summed E-state index contributed by atoms with van der Waals surface area (Å²) < 4.78 is 5.35. The van der Waals surface area contributed by atoms with Gasteiger partial charge < -0.3 is 9.64 Å². The number of hydrazine groups is 1. The van der Waals surface area contributed by atoms with Crippen LogP contribution < -0.4 is 10.9 Å². The van der Waals surface area contributed by atoms with Gasteiger partial charge in [-0.25, -0.2) is 15.6 Å². The molecule has 2 N–H and O–H groups in total. The number of hydrogen-bond donors (Lipinski definition) is 1. The van der Waals surface area contributed by atoms with Gasteiger partial charge in [0.25, 0.3) is 0 Å². The fourth-order valence-electron chi connectivity index (χ4n) is 2.66. The largest absolute Gasteiger partial charge is 0.444 e. The van der Waals surface area contributed by atoms with Crippen molar-refractivity contribution < 1.29 is 14.3 Å². The molecule has 1 fully saturated rings. The van der Waals surface area contributed by atoms with Gasteiger partial charge in [0, 0.05) is 19.0 Å². The molecule has 0 unspecified atom stereocenters. The van der Waals surface area contributed by atoms with E-state index < -0.39 is 5.60 Å². The number of nitrogens with zero attached hydrogens (tertiary/aromatic N) is 3. The molecule has 1 saturated heterocycles. The number of carbonyl (C=O) groups excluding carboxylic acids is 2. The van der Waals surface area contributed by atoms with Gasteiger partial charge in [-0.15, -0.1) is 0 Å². The van der Waals surface area contributed by atoms with E-state index in [-0.39, 0.29) is 17.9 Å². The molecule has 0 saturated carbocycles. The molecule has 0 radical (unpaired) electrons. The van der Waals surface area contributed by atoms with Crippen LogP contribution in [0.1, 0.15) is 39.2 Å². The molecule has 134 valence electrons. The Morgan fingerprint density at radius 3 is 2.28 bits per heavy atom. The van der Waals surface area contributed by atoms with Crippen LogP contribution in [0, 0.1) is 17.2 Å². The van der Waals surface area contributed by atoms with Crippen LogP contribution in [0.3, 0.4) is 0 Å². The Morgan fingerprint density at radius 1 is 1.24 bits per heavy atom. The summed E-state index contributed by atoms with van der Waals surface area (Å²) in [6.07, 6.45) is 0.736. The minimum absolute atomic E-state index is 0.187. The number of rotatable bonds is 2. The molecule has 0 aliphatic carbocycles. The van der Waals surface area contributed by atoms with E-state index in [4.69, 9.17) is 15.8 Å². The Hall–Kier alpha value is -2.59. The zero-order valence-electron chi connectivity index (χ0n) is 14.9. The minimum atomic E-state index is -0.534. The highest BCUT2D eigenvalue weighted by atomic mass is 16.6. The normalized spacial score (nSPS) is 15.4. The third kappa shape index (κ3) is 4.94. The molecule has 1 aromatic carbocycles. The fraction of sp³-hybridized carbons (Fsp3) is 0.500. The van der Waals surface area contributed by atoms with Crippen molar-refractivity contribution in [3.63, 3.8) is 0 Å². The SMILES string of the molecule is CC(C)(C)OC(=O)N1CCC(C(=O)N(N)c2ccc(C#N)cc2)CC1. The number of piperidine rings is 1. The lowest BCUT2D eigenvalue weighted by atomic mass is 9.95. The maximum absolute atomic E-state index is 12.6. The average Bonchev–Trinajstić information content (AvgIpc) is 2.59. The lowest BCUT2D eigenvalue weighted by Crippen LogP contribution is -2.47. The third-order valence-corrected chi connectivity index (χ3v) is 4.01. The highest BCUT2D eigenvalue weighted by Crippen LogP contribution is 2.23. The molecule has 7 nitrogen and oxygen atoms in total. The van der Waals surface area contributed by atoms with E-state index in [0.29, 0.717) is 37.2 Å². The van der Waals surface area contributed by atoms with E-state index in [1.165, 1.54) is 0 Å². The zero-order chi connectivity index (χ0) is 18.6. The van der Waals surface area contributed by atoms with Gasteiger partial charge in [-0.1, -0.05) is 0 Å². The van der Waals surface area contributed by atoms with Gasteiger partial charge >= 0.3 is 6.09 Å². The van der Waals surface area contributed by atoms with Crippen molar-refractivity contribution in [1.82, 2.24) is 4.90 Å². The van der Waals surface area contributed by atoms with Crippen molar-refractivity contribution in [3.05, 3.63) is 29.8 Å². The lowest BCUT2D eigenvalue weighted by molar-refractivity contribution is -0.123. The second-order valence-electron chi connectivity index (χ2n) is 7.11. The number of nitrogens with two attached hydrogens (primary N) is 1. The summed E-state index contributed by atoms with van der Waals surface area (Å²) in [4.78, 5) is 26.2. The summed E-state index contributed by atoms with van der Waals surface area (Å²) in [5.41, 5.74) is 0.516. The summed E-state index contributed by atoms with van der Waals surface area (Å²) in [6.45, 7) is 6.40. The van der Waals surface area contributed by atoms with Crippen LogP contribution >= 0.6 is 0 Å². The topological polar surface area (TPSA) is 99.7 Å². The van der Waals surface area contributed by atoms with Gasteiger partial charge in [0.15, 0.2) is 0 Å². The summed E-state index contributed by atoms with van der Waals surface area (Å²) in [5, 5.41) is 9.94. The van der Waals surface area contributed by atoms with Gasteiger partial charge in [-0.3, -0.25) is 4.79 Å². The molecular weight excluding hydrogens is 320 g/mol. The van der Waals surface area contributed by atoms with E-state index in [1.54, 1.807) is 29.2 Å². The molecule has 0 atom stereocenters. The van der Waals surface area contributed by atoms with E-state index in [2.05, 4.69) is 0 Å². The highest BCUT2D eigenvalue weighted by molar-refractivity contribution is 5.94. The van der Waals surface area contributed by atoms with Crippen LogP contribution in [-0.2, 0) is 9.53 Å². The molecule has 1 heterocycles. The molecule has 1 aliphatic heterocycles. The summed E-state index contributed by atoms with van der Waals surface area (Å²) >= 11 is 0. The highest BCUT2D eigenvalue weighted by Gasteiger charge is 2.31. The van der Waals surface area contributed by atoms with Gasteiger partial charge in [0.05, 0.1) is 17.3 Å².